The van der Waals surface area contributed by atoms with Crippen molar-refractivity contribution in [2.24, 2.45) is 0 Å². The molecule has 2 rings (SSSR count). The first-order valence-electron chi connectivity index (χ1n) is 5.23. The molecule has 1 N–H and O–H groups in total. The van der Waals surface area contributed by atoms with Crippen LogP contribution in [0.25, 0.3) is 0 Å². The zero-order valence-corrected chi connectivity index (χ0v) is 8.76. The Kier molecular flexibility index (Phi) is 3.31. The van der Waals surface area contributed by atoms with Crippen molar-refractivity contribution in [2.45, 2.75) is 18.9 Å². The molecule has 86 valence electrons. The van der Waals surface area contributed by atoms with Gasteiger partial charge in [0.25, 0.3) is 5.69 Å². The highest BCUT2D eigenvalue weighted by atomic mass is 16.6. The number of nitrogens with zero attached hydrogens (tertiary/aromatic N) is 2. The van der Waals surface area contributed by atoms with Crippen molar-refractivity contribution in [2.75, 3.05) is 13.1 Å². The molecule has 1 fully saturated rings. The largest absolute Gasteiger partial charge is 0.473 e. The molecule has 0 aliphatic carbocycles. The number of nitro groups is 1. The first kappa shape index (κ1) is 10.8. The van der Waals surface area contributed by atoms with E-state index >= 15 is 0 Å². The van der Waals surface area contributed by atoms with E-state index in [1.54, 1.807) is 0 Å². The van der Waals surface area contributed by atoms with Crippen LogP contribution in [0.15, 0.2) is 18.3 Å². The van der Waals surface area contributed by atoms with Crippen molar-refractivity contribution < 1.29 is 9.66 Å². The maximum Gasteiger partial charge on any atom is 0.287 e. The number of hydrogen-bond donors (Lipinski definition) is 1. The van der Waals surface area contributed by atoms with E-state index in [0.717, 1.165) is 25.9 Å². The Labute approximate surface area is 92.8 Å². The lowest BCUT2D eigenvalue weighted by Crippen LogP contribution is -2.37. The summed E-state index contributed by atoms with van der Waals surface area (Å²) in [4.78, 5) is 13.8. The number of hydrogen-bond acceptors (Lipinski definition) is 5. The third-order valence-corrected chi connectivity index (χ3v) is 2.47. The van der Waals surface area contributed by atoms with Gasteiger partial charge in [0.2, 0.25) is 5.88 Å². The molecular formula is C10H13N3O3. The molecule has 16 heavy (non-hydrogen) atoms. The minimum atomic E-state index is -0.473. The Bertz CT molecular complexity index is 360. The fraction of sp³-hybridized carbons (Fsp3) is 0.500. The van der Waals surface area contributed by atoms with Gasteiger partial charge in [0.15, 0.2) is 0 Å². The zero-order valence-electron chi connectivity index (χ0n) is 8.76. The molecule has 1 aromatic rings. The van der Waals surface area contributed by atoms with E-state index < -0.39 is 4.92 Å². The van der Waals surface area contributed by atoms with Gasteiger partial charge in [-0.3, -0.25) is 10.1 Å². The van der Waals surface area contributed by atoms with Crippen LogP contribution >= 0.6 is 0 Å². The van der Waals surface area contributed by atoms with Gasteiger partial charge in [-0.05, 0) is 19.4 Å². The summed E-state index contributed by atoms with van der Waals surface area (Å²) in [6.07, 6.45) is 3.40. The van der Waals surface area contributed by atoms with Crippen LogP contribution in [-0.2, 0) is 0 Å². The molecule has 1 saturated heterocycles. The third kappa shape index (κ3) is 2.66. The van der Waals surface area contributed by atoms with Gasteiger partial charge in [-0.15, -0.1) is 0 Å². The van der Waals surface area contributed by atoms with Gasteiger partial charge in [0.1, 0.15) is 12.3 Å². The molecule has 0 radical (unpaired) electrons. The fourth-order valence-electron chi connectivity index (χ4n) is 1.64. The summed E-state index contributed by atoms with van der Waals surface area (Å²) in [6, 6.07) is 2.94. The van der Waals surface area contributed by atoms with Crippen molar-refractivity contribution in [3.05, 3.63) is 28.4 Å². The maximum absolute atomic E-state index is 10.4. The molecule has 0 spiro atoms. The summed E-state index contributed by atoms with van der Waals surface area (Å²) in [5.41, 5.74) is -0.0193. The number of ether oxygens (including phenoxy) is 1. The van der Waals surface area contributed by atoms with Crippen molar-refractivity contribution in [1.29, 1.82) is 0 Å². The number of nitrogens with one attached hydrogen (secondary N) is 1. The van der Waals surface area contributed by atoms with E-state index in [0.29, 0.717) is 5.88 Å². The topological polar surface area (TPSA) is 77.3 Å². The van der Waals surface area contributed by atoms with E-state index in [1.165, 1.54) is 18.3 Å². The summed E-state index contributed by atoms with van der Waals surface area (Å²) in [6.45, 7) is 1.83. The standard InChI is InChI=1S/C10H13N3O3/c14-13(15)8-3-4-10(12-6-8)16-9-2-1-5-11-7-9/h3-4,6,9,11H,1-2,5,7H2. The number of rotatable bonds is 3. The van der Waals surface area contributed by atoms with Gasteiger partial charge in [-0.25, -0.2) is 4.98 Å². The molecule has 1 aromatic heterocycles. The molecule has 6 heteroatoms. The predicted molar refractivity (Wildman–Crippen MR) is 57.4 cm³/mol. The number of aromatic nitrogens is 1. The van der Waals surface area contributed by atoms with Gasteiger partial charge in [0, 0.05) is 18.7 Å². The molecule has 0 saturated carbocycles. The zero-order chi connectivity index (χ0) is 11.4. The van der Waals surface area contributed by atoms with Crippen LogP contribution in [0.5, 0.6) is 5.88 Å². The molecule has 0 bridgehead atoms. The molecular weight excluding hydrogens is 210 g/mol. The molecule has 1 aliphatic heterocycles. The second kappa shape index (κ2) is 4.89. The molecule has 1 unspecified atom stereocenters. The predicted octanol–water partition coefficient (Wildman–Crippen LogP) is 1.12. The second-order valence-corrected chi connectivity index (χ2v) is 3.70. The van der Waals surface area contributed by atoms with Gasteiger partial charge in [-0.2, -0.15) is 0 Å². The molecule has 1 atom stereocenters. The Hall–Kier alpha value is -1.69. The fourth-order valence-corrected chi connectivity index (χ4v) is 1.64. The van der Waals surface area contributed by atoms with Crippen molar-refractivity contribution in [3.63, 3.8) is 0 Å². The molecule has 0 aromatic carbocycles. The summed E-state index contributed by atoms with van der Waals surface area (Å²) < 4.78 is 5.59. The number of pyridine rings is 1. The third-order valence-electron chi connectivity index (χ3n) is 2.47. The van der Waals surface area contributed by atoms with Gasteiger partial charge in [0.05, 0.1) is 4.92 Å². The minimum absolute atomic E-state index is 0.0193. The van der Waals surface area contributed by atoms with Crippen LogP contribution in [0, 0.1) is 10.1 Å². The van der Waals surface area contributed by atoms with Gasteiger partial charge in [-0.1, -0.05) is 0 Å². The Morgan fingerprint density at radius 1 is 1.56 bits per heavy atom. The lowest BCUT2D eigenvalue weighted by Gasteiger charge is -2.23. The minimum Gasteiger partial charge on any atom is -0.473 e. The molecule has 2 heterocycles. The average Bonchev–Trinajstić information content (AvgIpc) is 2.31. The van der Waals surface area contributed by atoms with E-state index in [1.807, 2.05) is 0 Å². The quantitative estimate of drug-likeness (QED) is 0.613. The average molecular weight is 223 g/mol. The Balaban J connectivity index is 1.96. The van der Waals surface area contributed by atoms with Crippen molar-refractivity contribution >= 4 is 5.69 Å². The van der Waals surface area contributed by atoms with Gasteiger partial charge < -0.3 is 10.1 Å². The molecule has 1 aliphatic rings. The van der Waals surface area contributed by atoms with Crippen LogP contribution in [-0.4, -0.2) is 29.1 Å². The monoisotopic (exact) mass is 223 g/mol. The van der Waals surface area contributed by atoms with E-state index in [-0.39, 0.29) is 11.8 Å². The first-order valence-corrected chi connectivity index (χ1v) is 5.23. The highest BCUT2D eigenvalue weighted by Gasteiger charge is 2.15. The van der Waals surface area contributed by atoms with Gasteiger partial charge >= 0.3 is 0 Å². The van der Waals surface area contributed by atoms with E-state index in [4.69, 9.17) is 4.74 Å². The maximum atomic E-state index is 10.4. The molecule has 6 nitrogen and oxygen atoms in total. The summed E-state index contributed by atoms with van der Waals surface area (Å²) in [7, 11) is 0. The van der Waals surface area contributed by atoms with Crippen LogP contribution in [0.3, 0.4) is 0 Å². The summed E-state index contributed by atoms with van der Waals surface area (Å²) >= 11 is 0. The van der Waals surface area contributed by atoms with Crippen LogP contribution in [0.1, 0.15) is 12.8 Å². The normalized spacial score (nSPS) is 20.4. The van der Waals surface area contributed by atoms with E-state index in [9.17, 15) is 10.1 Å². The van der Waals surface area contributed by atoms with Crippen LogP contribution < -0.4 is 10.1 Å². The SMILES string of the molecule is O=[N+]([O-])c1ccc(OC2CCCNC2)nc1. The number of piperidine rings is 1. The summed E-state index contributed by atoms with van der Waals surface area (Å²) in [5.74, 6) is 0.444. The van der Waals surface area contributed by atoms with Crippen LogP contribution in [0.4, 0.5) is 5.69 Å². The van der Waals surface area contributed by atoms with E-state index in [2.05, 4.69) is 10.3 Å². The Morgan fingerprint density at radius 2 is 2.44 bits per heavy atom. The first-order chi connectivity index (χ1) is 7.75. The highest BCUT2D eigenvalue weighted by Crippen LogP contribution is 2.16. The second-order valence-electron chi connectivity index (χ2n) is 3.70. The Morgan fingerprint density at radius 3 is 3.00 bits per heavy atom. The molecule has 0 amide bonds. The van der Waals surface area contributed by atoms with Crippen molar-refractivity contribution in [3.8, 4) is 5.88 Å². The smallest absolute Gasteiger partial charge is 0.287 e. The van der Waals surface area contributed by atoms with Crippen molar-refractivity contribution in [1.82, 2.24) is 10.3 Å². The highest BCUT2D eigenvalue weighted by molar-refractivity contribution is 5.28. The lowest BCUT2D eigenvalue weighted by molar-refractivity contribution is -0.385. The van der Waals surface area contributed by atoms with Crippen LogP contribution in [0.2, 0.25) is 0 Å². The lowest BCUT2D eigenvalue weighted by atomic mass is 10.1. The summed E-state index contributed by atoms with van der Waals surface area (Å²) in [5, 5.41) is 13.6.